The monoisotopic (exact) mass is 293 g/mol. The molecule has 0 aromatic heterocycles. The van der Waals surface area contributed by atoms with Crippen LogP contribution in [-0.2, 0) is 4.79 Å². The largest absolute Gasteiger partial charge is 0.493 e. The van der Waals surface area contributed by atoms with E-state index in [-0.39, 0.29) is 6.42 Å². The predicted molar refractivity (Wildman–Crippen MR) is 85.0 cm³/mol. The Bertz CT molecular complexity index is 457. The second kappa shape index (κ2) is 8.67. The molecule has 4 nitrogen and oxygen atoms in total. The van der Waals surface area contributed by atoms with E-state index in [1.54, 1.807) is 0 Å². The second-order valence-electron chi connectivity index (χ2n) is 5.74. The molecule has 1 aromatic carbocycles. The van der Waals surface area contributed by atoms with Crippen LogP contribution in [-0.4, -0.2) is 41.7 Å². The maximum absolute atomic E-state index is 10.7. The van der Waals surface area contributed by atoms with E-state index in [1.165, 1.54) is 5.56 Å². The van der Waals surface area contributed by atoms with Crippen LogP contribution in [0, 0.1) is 13.8 Å². The zero-order valence-corrected chi connectivity index (χ0v) is 13.6. The summed E-state index contributed by atoms with van der Waals surface area (Å²) < 4.78 is 5.83. The van der Waals surface area contributed by atoms with E-state index < -0.39 is 5.97 Å². The summed E-state index contributed by atoms with van der Waals surface area (Å²) in [6, 6.07) is 6.55. The molecule has 0 bridgehead atoms. The van der Waals surface area contributed by atoms with Gasteiger partial charge in [-0.15, -0.1) is 0 Å². The number of benzene rings is 1. The molecular formula is C17H27NO3. The Morgan fingerprint density at radius 1 is 1.29 bits per heavy atom. The number of hydrogen-bond acceptors (Lipinski definition) is 3. The molecule has 0 saturated heterocycles. The lowest BCUT2D eigenvalue weighted by Crippen LogP contribution is -2.34. The van der Waals surface area contributed by atoms with Gasteiger partial charge in [0.1, 0.15) is 5.75 Å². The van der Waals surface area contributed by atoms with Crippen LogP contribution in [0.4, 0.5) is 0 Å². The molecule has 0 saturated carbocycles. The Morgan fingerprint density at radius 3 is 2.62 bits per heavy atom. The number of carboxylic acids is 1. The number of aryl methyl sites for hydroxylation is 2. The summed E-state index contributed by atoms with van der Waals surface area (Å²) in [4.78, 5) is 12.8. The molecule has 0 heterocycles. The topological polar surface area (TPSA) is 49.8 Å². The molecule has 0 unspecified atom stereocenters. The minimum Gasteiger partial charge on any atom is -0.493 e. The smallest absolute Gasteiger partial charge is 0.304 e. The molecule has 21 heavy (non-hydrogen) atoms. The third kappa shape index (κ3) is 6.63. The molecular weight excluding hydrogens is 266 g/mol. The van der Waals surface area contributed by atoms with Gasteiger partial charge in [0.25, 0.3) is 0 Å². The van der Waals surface area contributed by atoms with Crippen LogP contribution in [0.15, 0.2) is 18.2 Å². The lowest BCUT2D eigenvalue weighted by molar-refractivity contribution is -0.137. The van der Waals surface area contributed by atoms with Crippen LogP contribution in [0.3, 0.4) is 0 Å². The van der Waals surface area contributed by atoms with E-state index in [0.29, 0.717) is 19.2 Å². The van der Waals surface area contributed by atoms with Gasteiger partial charge in [0, 0.05) is 19.1 Å². The Hall–Kier alpha value is -1.55. The first-order valence-corrected chi connectivity index (χ1v) is 7.56. The van der Waals surface area contributed by atoms with E-state index >= 15 is 0 Å². The molecule has 0 aliphatic carbocycles. The number of carboxylic acid groups (broad SMARTS) is 1. The average molecular weight is 293 g/mol. The van der Waals surface area contributed by atoms with Gasteiger partial charge in [-0.2, -0.15) is 0 Å². The molecule has 0 aliphatic heterocycles. The van der Waals surface area contributed by atoms with Gasteiger partial charge < -0.3 is 14.7 Å². The van der Waals surface area contributed by atoms with Crippen LogP contribution < -0.4 is 4.74 Å². The maximum atomic E-state index is 10.7. The van der Waals surface area contributed by atoms with Gasteiger partial charge in [-0.3, -0.25) is 4.79 Å². The van der Waals surface area contributed by atoms with E-state index in [1.807, 2.05) is 6.92 Å². The van der Waals surface area contributed by atoms with E-state index in [2.05, 4.69) is 43.9 Å². The third-order valence-electron chi connectivity index (χ3n) is 3.53. The van der Waals surface area contributed by atoms with E-state index in [4.69, 9.17) is 9.84 Å². The summed E-state index contributed by atoms with van der Waals surface area (Å²) in [5.41, 5.74) is 2.34. The Kier molecular flexibility index (Phi) is 7.23. The number of carbonyl (C=O) groups is 1. The minimum absolute atomic E-state index is 0.191. The van der Waals surface area contributed by atoms with Gasteiger partial charge in [0.05, 0.1) is 13.0 Å². The second-order valence-corrected chi connectivity index (χ2v) is 5.74. The number of nitrogens with zero attached hydrogens (tertiary/aromatic N) is 1. The third-order valence-corrected chi connectivity index (χ3v) is 3.53. The summed E-state index contributed by atoms with van der Waals surface area (Å²) in [7, 11) is 0. The van der Waals surface area contributed by atoms with Crippen LogP contribution in [0.2, 0.25) is 0 Å². The van der Waals surface area contributed by atoms with Crippen molar-refractivity contribution in [1.82, 2.24) is 4.90 Å². The number of ether oxygens (including phenoxy) is 1. The van der Waals surface area contributed by atoms with Crippen molar-refractivity contribution in [2.45, 2.75) is 46.6 Å². The molecule has 118 valence electrons. The SMILES string of the molecule is Cc1ccc(C)c(OCCCN(CCC(=O)O)C(C)C)c1. The Morgan fingerprint density at radius 2 is 2.00 bits per heavy atom. The van der Waals surface area contributed by atoms with Gasteiger partial charge in [-0.05, 0) is 51.3 Å². The van der Waals surface area contributed by atoms with Crippen molar-refractivity contribution in [2.75, 3.05) is 19.7 Å². The van der Waals surface area contributed by atoms with Crippen molar-refractivity contribution in [1.29, 1.82) is 0 Å². The molecule has 0 fully saturated rings. The van der Waals surface area contributed by atoms with Crippen molar-refractivity contribution in [2.24, 2.45) is 0 Å². The summed E-state index contributed by atoms with van der Waals surface area (Å²) in [6.45, 7) is 10.4. The zero-order valence-electron chi connectivity index (χ0n) is 13.6. The summed E-state index contributed by atoms with van der Waals surface area (Å²) in [5.74, 6) is 0.198. The zero-order chi connectivity index (χ0) is 15.8. The highest BCUT2D eigenvalue weighted by molar-refractivity contribution is 5.66. The van der Waals surface area contributed by atoms with Gasteiger partial charge in [0.2, 0.25) is 0 Å². The fourth-order valence-electron chi connectivity index (χ4n) is 2.18. The quantitative estimate of drug-likeness (QED) is 0.710. The van der Waals surface area contributed by atoms with Crippen LogP contribution in [0.5, 0.6) is 5.75 Å². The molecule has 1 rings (SSSR count). The highest BCUT2D eigenvalue weighted by Crippen LogP contribution is 2.19. The van der Waals surface area contributed by atoms with Crippen molar-refractivity contribution < 1.29 is 14.6 Å². The van der Waals surface area contributed by atoms with Gasteiger partial charge in [-0.25, -0.2) is 0 Å². The predicted octanol–water partition coefficient (Wildman–Crippen LogP) is 3.26. The number of rotatable bonds is 9. The molecule has 0 radical (unpaired) electrons. The van der Waals surface area contributed by atoms with Gasteiger partial charge >= 0.3 is 5.97 Å². The highest BCUT2D eigenvalue weighted by atomic mass is 16.5. The molecule has 1 aromatic rings. The van der Waals surface area contributed by atoms with E-state index in [0.717, 1.165) is 24.3 Å². The van der Waals surface area contributed by atoms with E-state index in [9.17, 15) is 4.79 Å². The number of hydrogen-bond donors (Lipinski definition) is 1. The first-order chi connectivity index (χ1) is 9.90. The van der Waals surface area contributed by atoms with Crippen molar-refractivity contribution in [3.8, 4) is 5.75 Å². The fraction of sp³-hybridized carbons (Fsp3) is 0.588. The first kappa shape index (κ1) is 17.5. The number of aliphatic carboxylic acids is 1. The molecule has 0 atom stereocenters. The molecule has 0 spiro atoms. The minimum atomic E-state index is -0.743. The van der Waals surface area contributed by atoms with Crippen LogP contribution in [0.1, 0.15) is 37.8 Å². The fourth-order valence-corrected chi connectivity index (χ4v) is 2.18. The maximum Gasteiger partial charge on any atom is 0.304 e. The summed E-state index contributed by atoms with van der Waals surface area (Å²) in [5, 5.41) is 8.77. The lowest BCUT2D eigenvalue weighted by atomic mass is 10.1. The van der Waals surface area contributed by atoms with Crippen LogP contribution >= 0.6 is 0 Å². The van der Waals surface area contributed by atoms with Crippen molar-refractivity contribution in [3.63, 3.8) is 0 Å². The summed E-state index contributed by atoms with van der Waals surface area (Å²) in [6.07, 6.45) is 1.08. The Labute approximate surface area is 127 Å². The van der Waals surface area contributed by atoms with Crippen LogP contribution in [0.25, 0.3) is 0 Å². The first-order valence-electron chi connectivity index (χ1n) is 7.56. The molecule has 4 heteroatoms. The highest BCUT2D eigenvalue weighted by Gasteiger charge is 2.11. The average Bonchev–Trinajstić information content (AvgIpc) is 2.40. The van der Waals surface area contributed by atoms with Crippen molar-refractivity contribution >= 4 is 5.97 Å². The standard InChI is InChI=1S/C17H27NO3/c1-13(2)18(10-8-17(19)20)9-5-11-21-16-12-14(3)6-7-15(16)4/h6-7,12-13H,5,8-11H2,1-4H3,(H,19,20). The van der Waals surface area contributed by atoms with Crippen molar-refractivity contribution in [3.05, 3.63) is 29.3 Å². The van der Waals surface area contributed by atoms with Gasteiger partial charge in [0.15, 0.2) is 0 Å². The Balaban J connectivity index is 2.37. The normalized spacial score (nSPS) is 11.1. The lowest BCUT2D eigenvalue weighted by Gasteiger charge is -2.25. The van der Waals surface area contributed by atoms with Gasteiger partial charge in [-0.1, -0.05) is 12.1 Å². The molecule has 0 aliphatic rings. The molecule has 1 N–H and O–H groups in total. The molecule has 0 amide bonds. The summed E-state index contributed by atoms with van der Waals surface area (Å²) >= 11 is 0.